The van der Waals surface area contributed by atoms with Crippen molar-refractivity contribution in [1.29, 1.82) is 0 Å². The SMILES string of the molecule is CCC(C)n1ccc(CNc2ccccc2I)n1. The van der Waals surface area contributed by atoms with Gasteiger partial charge in [-0.05, 0) is 54.1 Å². The molecule has 3 nitrogen and oxygen atoms in total. The summed E-state index contributed by atoms with van der Waals surface area (Å²) in [7, 11) is 0. The Hall–Kier alpha value is -1.04. The van der Waals surface area contributed by atoms with Crippen LogP contribution in [-0.2, 0) is 6.54 Å². The maximum absolute atomic E-state index is 4.58. The normalized spacial score (nSPS) is 12.4. The van der Waals surface area contributed by atoms with Crippen LogP contribution >= 0.6 is 22.6 Å². The summed E-state index contributed by atoms with van der Waals surface area (Å²) in [5, 5.41) is 7.99. The summed E-state index contributed by atoms with van der Waals surface area (Å²) in [5.41, 5.74) is 2.24. The molecule has 0 saturated heterocycles. The monoisotopic (exact) mass is 355 g/mol. The van der Waals surface area contributed by atoms with Gasteiger partial charge in [-0.2, -0.15) is 5.10 Å². The highest BCUT2D eigenvalue weighted by atomic mass is 127. The standard InChI is InChI=1S/C14H18IN3/c1-3-11(2)18-9-8-12(17-18)10-16-14-7-5-4-6-13(14)15/h4-9,11,16H,3,10H2,1-2H3. The van der Waals surface area contributed by atoms with E-state index in [1.807, 2.05) is 16.8 Å². The molecule has 0 aliphatic heterocycles. The molecule has 1 N–H and O–H groups in total. The van der Waals surface area contributed by atoms with Crippen molar-refractivity contribution in [3.05, 3.63) is 45.8 Å². The van der Waals surface area contributed by atoms with Crippen molar-refractivity contribution < 1.29 is 0 Å². The summed E-state index contributed by atoms with van der Waals surface area (Å²) in [6.45, 7) is 5.13. The van der Waals surface area contributed by atoms with Gasteiger partial charge in [0.1, 0.15) is 0 Å². The minimum atomic E-state index is 0.468. The number of nitrogens with one attached hydrogen (secondary N) is 1. The Morgan fingerprint density at radius 3 is 2.83 bits per heavy atom. The maximum atomic E-state index is 4.58. The van der Waals surface area contributed by atoms with Crippen molar-refractivity contribution in [2.45, 2.75) is 32.9 Å². The molecule has 0 amide bonds. The third kappa shape index (κ3) is 3.25. The van der Waals surface area contributed by atoms with E-state index in [0.717, 1.165) is 24.3 Å². The van der Waals surface area contributed by atoms with Crippen molar-refractivity contribution in [2.24, 2.45) is 0 Å². The van der Waals surface area contributed by atoms with Crippen LogP contribution in [0.4, 0.5) is 5.69 Å². The zero-order chi connectivity index (χ0) is 13.0. The fourth-order valence-electron chi connectivity index (χ4n) is 1.69. The Kier molecular flexibility index (Phi) is 4.63. The lowest BCUT2D eigenvalue weighted by atomic mass is 10.3. The summed E-state index contributed by atoms with van der Waals surface area (Å²) < 4.78 is 3.27. The van der Waals surface area contributed by atoms with Gasteiger partial charge in [0.2, 0.25) is 0 Å². The highest BCUT2D eigenvalue weighted by Gasteiger charge is 2.05. The number of anilines is 1. The molecular formula is C14H18IN3. The first-order valence-corrected chi connectivity index (χ1v) is 7.31. The fraction of sp³-hybridized carbons (Fsp3) is 0.357. The molecule has 0 bridgehead atoms. The highest BCUT2D eigenvalue weighted by molar-refractivity contribution is 14.1. The van der Waals surface area contributed by atoms with Crippen molar-refractivity contribution in [1.82, 2.24) is 9.78 Å². The van der Waals surface area contributed by atoms with Crippen LogP contribution in [0.5, 0.6) is 0 Å². The van der Waals surface area contributed by atoms with Crippen LogP contribution in [0.15, 0.2) is 36.5 Å². The van der Waals surface area contributed by atoms with E-state index in [0.29, 0.717) is 6.04 Å². The molecule has 4 heteroatoms. The topological polar surface area (TPSA) is 29.9 Å². The van der Waals surface area contributed by atoms with Gasteiger partial charge >= 0.3 is 0 Å². The molecule has 96 valence electrons. The van der Waals surface area contributed by atoms with Crippen molar-refractivity contribution in [3.63, 3.8) is 0 Å². The highest BCUT2D eigenvalue weighted by Crippen LogP contribution is 2.18. The van der Waals surface area contributed by atoms with Gasteiger partial charge in [0, 0.05) is 21.5 Å². The third-order valence-electron chi connectivity index (χ3n) is 3.04. The summed E-state index contributed by atoms with van der Waals surface area (Å²) in [5.74, 6) is 0. The molecule has 1 aromatic heterocycles. The zero-order valence-corrected chi connectivity index (χ0v) is 12.9. The van der Waals surface area contributed by atoms with E-state index in [2.05, 4.69) is 71.2 Å². The average molecular weight is 355 g/mol. The molecule has 1 heterocycles. The molecule has 2 rings (SSSR count). The molecule has 0 radical (unpaired) electrons. The predicted octanol–water partition coefficient (Wildman–Crippen LogP) is 4.07. The van der Waals surface area contributed by atoms with Crippen LogP contribution in [0.1, 0.15) is 32.0 Å². The second-order valence-electron chi connectivity index (χ2n) is 4.38. The first-order chi connectivity index (χ1) is 8.70. The van der Waals surface area contributed by atoms with Crippen molar-refractivity contribution >= 4 is 28.3 Å². The smallest absolute Gasteiger partial charge is 0.0815 e. The Morgan fingerprint density at radius 1 is 1.33 bits per heavy atom. The lowest BCUT2D eigenvalue weighted by Crippen LogP contribution is -2.06. The van der Waals surface area contributed by atoms with Gasteiger partial charge in [-0.3, -0.25) is 4.68 Å². The van der Waals surface area contributed by atoms with E-state index in [1.165, 1.54) is 3.57 Å². The van der Waals surface area contributed by atoms with E-state index in [4.69, 9.17) is 0 Å². The van der Waals surface area contributed by atoms with Crippen molar-refractivity contribution in [2.75, 3.05) is 5.32 Å². The molecule has 1 aromatic carbocycles. The molecular weight excluding hydrogens is 337 g/mol. The van der Waals surface area contributed by atoms with Crippen LogP contribution in [0.3, 0.4) is 0 Å². The first-order valence-electron chi connectivity index (χ1n) is 6.23. The molecule has 0 fully saturated rings. The third-order valence-corrected chi connectivity index (χ3v) is 3.98. The quantitative estimate of drug-likeness (QED) is 0.820. The summed E-state index contributed by atoms with van der Waals surface area (Å²) >= 11 is 2.34. The van der Waals surface area contributed by atoms with Gasteiger partial charge in [0.15, 0.2) is 0 Å². The van der Waals surface area contributed by atoms with Crippen LogP contribution < -0.4 is 5.32 Å². The molecule has 0 spiro atoms. The number of hydrogen-bond acceptors (Lipinski definition) is 2. The van der Waals surface area contributed by atoms with Gasteiger partial charge in [-0.1, -0.05) is 19.1 Å². The molecule has 1 unspecified atom stereocenters. The van der Waals surface area contributed by atoms with E-state index in [9.17, 15) is 0 Å². The lowest BCUT2D eigenvalue weighted by Gasteiger charge is -2.09. The first kappa shape index (κ1) is 13.4. The Bertz CT molecular complexity index is 507. The maximum Gasteiger partial charge on any atom is 0.0815 e. The van der Waals surface area contributed by atoms with Gasteiger partial charge in [0.05, 0.1) is 12.2 Å². The summed E-state index contributed by atoms with van der Waals surface area (Å²) in [4.78, 5) is 0. The molecule has 0 aliphatic rings. The van der Waals surface area contributed by atoms with Crippen LogP contribution in [0, 0.1) is 3.57 Å². The number of para-hydroxylation sites is 1. The van der Waals surface area contributed by atoms with Gasteiger partial charge in [-0.25, -0.2) is 0 Å². The minimum Gasteiger partial charge on any atom is -0.378 e. The minimum absolute atomic E-state index is 0.468. The average Bonchev–Trinajstić information content (AvgIpc) is 2.86. The van der Waals surface area contributed by atoms with Gasteiger partial charge < -0.3 is 5.32 Å². The number of nitrogens with zero attached hydrogens (tertiary/aromatic N) is 2. The largest absolute Gasteiger partial charge is 0.378 e. The number of benzene rings is 1. The van der Waals surface area contributed by atoms with E-state index in [1.54, 1.807) is 0 Å². The fourth-order valence-corrected chi connectivity index (χ4v) is 2.27. The van der Waals surface area contributed by atoms with Crippen molar-refractivity contribution in [3.8, 4) is 0 Å². The van der Waals surface area contributed by atoms with Gasteiger partial charge in [-0.15, -0.1) is 0 Å². The number of halogens is 1. The zero-order valence-electron chi connectivity index (χ0n) is 10.7. The van der Waals surface area contributed by atoms with E-state index >= 15 is 0 Å². The van der Waals surface area contributed by atoms with Gasteiger partial charge in [0.25, 0.3) is 0 Å². The van der Waals surface area contributed by atoms with Crippen LogP contribution in [0.2, 0.25) is 0 Å². The number of aromatic nitrogens is 2. The number of hydrogen-bond donors (Lipinski definition) is 1. The molecule has 2 aromatic rings. The van der Waals surface area contributed by atoms with Crippen LogP contribution in [0.25, 0.3) is 0 Å². The molecule has 18 heavy (non-hydrogen) atoms. The molecule has 1 atom stereocenters. The Morgan fingerprint density at radius 2 is 2.11 bits per heavy atom. The Balaban J connectivity index is 1.98. The summed E-state index contributed by atoms with van der Waals surface area (Å²) in [6, 6.07) is 10.8. The molecule has 0 saturated carbocycles. The van der Waals surface area contributed by atoms with Crippen LogP contribution in [-0.4, -0.2) is 9.78 Å². The molecule has 0 aliphatic carbocycles. The predicted molar refractivity (Wildman–Crippen MR) is 83.7 cm³/mol. The lowest BCUT2D eigenvalue weighted by molar-refractivity contribution is 0.474. The van der Waals surface area contributed by atoms with E-state index in [-0.39, 0.29) is 0 Å². The number of rotatable bonds is 5. The second-order valence-corrected chi connectivity index (χ2v) is 5.54. The second kappa shape index (κ2) is 6.22. The summed E-state index contributed by atoms with van der Waals surface area (Å²) in [6.07, 6.45) is 3.16. The Labute approximate surface area is 122 Å². The van der Waals surface area contributed by atoms with E-state index < -0.39 is 0 Å².